The number of benzene rings is 1. The smallest absolute Gasteiger partial charge is 0.0551 e. The van der Waals surface area contributed by atoms with Crippen LogP contribution in [0.15, 0.2) is 22.7 Å². The van der Waals surface area contributed by atoms with E-state index in [4.69, 9.17) is 17.3 Å². The van der Waals surface area contributed by atoms with E-state index in [9.17, 15) is 0 Å². The first kappa shape index (κ1) is 14.4. The van der Waals surface area contributed by atoms with Gasteiger partial charge < -0.3 is 5.73 Å². The summed E-state index contributed by atoms with van der Waals surface area (Å²) in [5, 5.41) is 0.750. The zero-order chi connectivity index (χ0) is 13.3. The van der Waals surface area contributed by atoms with Crippen LogP contribution in [-0.2, 0) is 0 Å². The molecule has 0 bridgehead atoms. The first-order chi connectivity index (χ1) is 8.47. The fourth-order valence-corrected chi connectivity index (χ4v) is 3.73. The molecule has 0 heterocycles. The molecule has 100 valence electrons. The Morgan fingerprint density at radius 2 is 1.83 bits per heavy atom. The standard InChI is InChI=1S/C15H21BrClN/c1-9-5-10(2)7-12(6-9)15(18)11-3-4-13(16)14(17)8-11/h3-4,8-10,12,15H,5-7,18H2,1-2H3. The fourth-order valence-electron chi connectivity index (χ4n) is 3.29. The highest BCUT2D eigenvalue weighted by molar-refractivity contribution is 9.10. The zero-order valence-corrected chi connectivity index (χ0v) is 13.3. The molecule has 1 aromatic carbocycles. The van der Waals surface area contributed by atoms with Crippen LogP contribution < -0.4 is 5.73 Å². The summed E-state index contributed by atoms with van der Waals surface area (Å²) < 4.78 is 0.936. The molecule has 0 aliphatic heterocycles. The highest BCUT2D eigenvalue weighted by Crippen LogP contribution is 2.39. The van der Waals surface area contributed by atoms with E-state index in [1.54, 1.807) is 0 Å². The quantitative estimate of drug-likeness (QED) is 0.795. The minimum absolute atomic E-state index is 0.112. The second kappa shape index (κ2) is 5.94. The monoisotopic (exact) mass is 329 g/mol. The molecular weight excluding hydrogens is 310 g/mol. The molecule has 1 aliphatic rings. The van der Waals surface area contributed by atoms with Gasteiger partial charge in [0, 0.05) is 10.5 Å². The van der Waals surface area contributed by atoms with Crippen molar-refractivity contribution in [1.29, 1.82) is 0 Å². The van der Waals surface area contributed by atoms with Gasteiger partial charge in [-0.1, -0.05) is 31.5 Å². The van der Waals surface area contributed by atoms with Crippen molar-refractivity contribution < 1.29 is 0 Å². The molecule has 3 unspecified atom stereocenters. The first-order valence-corrected chi connectivity index (χ1v) is 7.85. The highest BCUT2D eigenvalue weighted by atomic mass is 79.9. The SMILES string of the molecule is CC1CC(C)CC(C(N)c2ccc(Br)c(Cl)c2)C1. The molecule has 1 nitrogen and oxygen atoms in total. The molecule has 0 aromatic heterocycles. The van der Waals surface area contributed by atoms with Crippen LogP contribution in [0.5, 0.6) is 0 Å². The molecule has 2 rings (SSSR count). The van der Waals surface area contributed by atoms with Crippen LogP contribution in [0.25, 0.3) is 0 Å². The molecule has 2 N–H and O–H groups in total. The molecular formula is C15H21BrClN. The van der Waals surface area contributed by atoms with Crippen molar-refractivity contribution in [2.75, 3.05) is 0 Å². The maximum atomic E-state index is 6.44. The van der Waals surface area contributed by atoms with Crippen LogP contribution in [-0.4, -0.2) is 0 Å². The Hall–Kier alpha value is -0.0500. The second-order valence-corrected chi connectivity index (χ2v) is 7.14. The molecule has 0 radical (unpaired) electrons. The van der Waals surface area contributed by atoms with E-state index in [0.29, 0.717) is 5.92 Å². The summed E-state index contributed by atoms with van der Waals surface area (Å²) in [4.78, 5) is 0. The summed E-state index contributed by atoms with van der Waals surface area (Å²) in [5.41, 5.74) is 7.60. The van der Waals surface area contributed by atoms with Gasteiger partial charge in [0.1, 0.15) is 0 Å². The topological polar surface area (TPSA) is 26.0 Å². The maximum Gasteiger partial charge on any atom is 0.0551 e. The summed E-state index contributed by atoms with van der Waals surface area (Å²) in [6.45, 7) is 4.67. The Balaban J connectivity index is 2.14. The van der Waals surface area contributed by atoms with Gasteiger partial charge in [-0.2, -0.15) is 0 Å². The molecule has 1 aliphatic carbocycles. The fraction of sp³-hybridized carbons (Fsp3) is 0.600. The van der Waals surface area contributed by atoms with Gasteiger partial charge in [-0.3, -0.25) is 0 Å². The minimum atomic E-state index is 0.112. The molecule has 0 amide bonds. The predicted molar refractivity (Wildman–Crippen MR) is 81.7 cm³/mol. The summed E-state index contributed by atoms with van der Waals surface area (Å²) in [6, 6.07) is 6.19. The van der Waals surface area contributed by atoms with E-state index in [1.807, 2.05) is 12.1 Å². The predicted octanol–water partition coefficient (Wildman–Crippen LogP) is 5.17. The maximum absolute atomic E-state index is 6.44. The summed E-state index contributed by atoms with van der Waals surface area (Å²) >= 11 is 9.57. The van der Waals surface area contributed by atoms with Gasteiger partial charge >= 0.3 is 0 Å². The van der Waals surface area contributed by atoms with Crippen LogP contribution in [0, 0.1) is 17.8 Å². The van der Waals surface area contributed by atoms with Crippen molar-refractivity contribution >= 4 is 27.5 Å². The third-order valence-electron chi connectivity index (χ3n) is 4.05. The lowest BCUT2D eigenvalue weighted by atomic mass is 9.73. The average molecular weight is 331 g/mol. The second-order valence-electron chi connectivity index (χ2n) is 5.88. The van der Waals surface area contributed by atoms with Gasteiger partial charge in [0.05, 0.1) is 5.02 Å². The number of hydrogen-bond donors (Lipinski definition) is 1. The first-order valence-electron chi connectivity index (χ1n) is 6.68. The Morgan fingerprint density at radius 3 is 2.39 bits per heavy atom. The van der Waals surface area contributed by atoms with Gasteiger partial charge in [-0.25, -0.2) is 0 Å². The Bertz CT molecular complexity index is 411. The van der Waals surface area contributed by atoms with E-state index in [-0.39, 0.29) is 6.04 Å². The Morgan fingerprint density at radius 1 is 1.22 bits per heavy atom. The third kappa shape index (κ3) is 3.28. The van der Waals surface area contributed by atoms with E-state index in [0.717, 1.165) is 26.9 Å². The van der Waals surface area contributed by atoms with E-state index in [1.165, 1.54) is 19.3 Å². The molecule has 1 fully saturated rings. The van der Waals surface area contributed by atoms with Crippen molar-refractivity contribution in [1.82, 2.24) is 0 Å². The van der Waals surface area contributed by atoms with Gasteiger partial charge in [-0.15, -0.1) is 0 Å². The van der Waals surface area contributed by atoms with Gasteiger partial charge in [0.2, 0.25) is 0 Å². The Kier molecular flexibility index (Phi) is 4.74. The van der Waals surface area contributed by atoms with E-state index >= 15 is 0 Å². The molecule has 18 heavy (non-hydrogen) atoms. The van der Waals surface area contributed by atoms with Crippen LogP contribution in [0.3, 0.4) is 0 Å². The normalized spacial score (nSPS) is 30.2. The lowest BCUT2D eigenvalue weighted by Crippen LogP contribution is -2.29. The van der Waals surface area contributed by atoms with Crippen LogP contribution >= 0.6 is 27.5 Å². The van der Waals surface area contributed by atoms with Crippen molar-refractivity contribution in [3.63, 3.8) is 0 Å². The highest BCUT2D eigenvalue weighted by Gasteiger charge is 2.29. The number of halogens is 2. The van der Waals surface area contributed by atoms with Gasteiger partial charge in [0.15, 0.2) is 0 Å². The minimum Gasteiger partial charge on any atom is -0.324 e. The lowest BCUT2D eigenvalue weighted by molar-refractivity contribution is 0.193. The molecule has 1 aromatic rings. The summed E-state index contributed by atoms with van der Waals surface area (Å²) in [7, 11) is 0. The van der Waals surface area contributed by atoms with E-state index in [2.05, 4.69) is 35.8 Å². The van der Waals surface area contributed by atoms with Crippen LogP contribution in [0.2, 0.25) is 5.02 Å². The van der Waals surface area contributed by atoms with Crippen molar-refractivity contribution in [2.45, 2.75) is 39.2 Å². The van der Waals surface area contributed by atoms with Gasteiger partial charge in [0.25, 0.3) is 0 Å². The molecule has 3 atom stereocenters. The largest absolute Gasteiger partial charge is 0.324 e. The molecule has 1 saturated carbocycles. The summed E-state index contributed by atoms with van der Waals surface area (Å²) in [6.07, 6.45) is 3.81. The van der Waals surface area contributed by atoms with Crippen molar-refractivity contribution in [3.05, 3.63) is 33.3 Å². The zero-order valence-electron chi connectivity index (χ0n) is 11.0. The number of hydrogen-bond acceptors (Lipinski definition) is 1. The van der Waals surface area contributed by atoms with Crippen molar-refractivity contribution in [2.24, 2.45) is 23.5 Å². The number of nitrogens with two attached hydrogens (primary N) is 1. The molecule has 0 saturated heterocycles. The molecule has 0 spiro atoms. The van der Waals surface area contributed by atoms with Crippen LogP contribution in [0.4, 0.5) is 0 Å². The van der Waals surface area contributed by atoms with Crippen LogP contribution in [0.1, 0.15) is 44.7 Å². The third-order valence-corrected chi connectivity index (χ3v) is 5.28. The average Bonchev–Trinajstić information content (AvgIpc) is 2.30. The van der Waals surface area contributed by atoms with E-state index < -0.39 is 0 Å². The Labute approximate surface area is 123 Å². The van der Waals surface area contributed by atoms with Crippen molar-refractivity contribution in [3.8, 4) is 0 Å². The number of rotatable bonds is 2. The molecule has 3 heteroatoms. The summed E-state index contributed by atoms with van der Waals surface area (Å²) in [5.74, 6) is 2.16. The lowest BCUT2D eigenvalue weighted by Gasteiger charge is -2.35. The van der Waals surface area contributed by atoms with Gasteiger partial charge in [-0.05, 0) is 70.6 Å².